The Morgan fingerprint density at radius 1 is 1.33 bits per heavy atom. The van der Waals surface area contributed by atoms with Crippen LogP contribution in [0.1, 0.15) is 20.8 Å². The number of hydrogen-bond acceptors (Lipinski definition) is 4. The lowest BCUT2D eigenvalue weighted by molar-refractivity contribution is 0.139. The van der Waals surface area contributed by atoms with E-state index >= 15 is 0 Å². The van der Waals surface area contributed by atoms with E-state index in [0.29, 0.717) is 13.1 Å². The summed E-state index contributed by atoms with van der Waals surface area (Å²) in [5.74, 6) is 0.0293. The minimum absolute atomic E-state index is 0.0293. The highest BCUT2D eigenvalue weighted by atomic mass is 35.7. The van der Waals surface area contributed by atoms with Crippen LogP contribution in [0.3, 0.4) is 0 Å². The molecule has 1 aliphatic rings. The smallest absolute Gasteiger partial charge is 0.407 e. The number of rotatable bonds is 1. The van der Waals surface area contributed by atoms with Crippen LogP contribution in [0, 0.1) is 5.41 Å². The standard InChI is InChI=1S/C5H11ClO2S.C5H10N2O2/c1-5(2,3)4-9(6,7)8;8-5(9)7-3-1-6-2-4-7/h4H2,1-3H3;6H,1-4H2,(H,8,9). The molecule has 0 bridgehead atoms. The van der Waals surface area contributed by atoms with Crippen molar-refractivity contribution in [2.75, 3.05) is 31.9 Å². The van der Waals surface area contributed by atoms with Crippen LogP contribution in [0.25, 0.3) is 0 Å². The molecule has 0 spiro atoms. The molecule has 0 aliphatic carbocycles. The second kappa shape index (κ2) is 7.16. The third kappa shape index (κ3) is 10.6. The van der Waals surface area contributed by atoms with Gasteiger partial charge in [-0.3, -0.25) is 0 Å². The zero-order chi connectivity index (χ0) is 14.4. The summed E-state index contributed by atoms with van der Waals surface area (Å²) < 4.78 is 20.8. The maximum absolute atomic E-state index is 10.4. The number of hydrogen-bond donors (Lipinski definition) is 2. The third-order valence-electron chi connectivity index (χ3n) is 1.99. The van der Waals surface area contributed by atoms with Crippen LogP contribution >= 0.6 is 10.7 Å². The number of carbonyl (C=O) groups is 1. The molecule has 6 nitrogen and oxygen atoms in total. The second-order valence-electron chi connectivity index (χ2n) is 5.26. The van der Waals surface area contributed by atoms with Gasteiger partial charge in [0.15, 0.2) is 0 Å². The van der Waals surface area contributed by atoms with Gasteiger partial charge < -0.3 is 15.3 Å². The largest absolute Gasteiger partial charge is 0.465 e. The Kier molecular flexibility index (Phi) is 6.94. The lowest BCUT2D eigenvalue weighted by Gasteiger charge is -2.23. The van der Waals surface area contributed by atoms with Crippen molar-refractivity contribution in [3.8, 4) is 0 Å². The second-order valence-corrected chi connectivity index (χ2v) is 8.04. The molecule has 0 aromatic heterocycles. The molecule has 1 amide bonds. The summed E-state index contributed by atoms with van der Waals surface area (Å²) in [6.07, 6.45) is -0.809. The number of piperazine rings is 1. The van der Waals surface area contributed by atoms with Crippen LogP contribution in [0.4, 0.5) is 4.79 Å². The van der Waals surface area contributed by atoms with Crippen LogP contribution in [-0.2, 0) is 9.05 Å². The fraction of sp³-hybridized carbons (Fsp3) is 0.900. The molecular weight excluding hydrogens is 280 g/mol. The predicted molar refractivity (Wildman–Crippen MR) is 71.6 cm³/mol. The number of nitrogens with one attached hydrogen (secondary N) is 1. The molecule has 0 aromatic rings. The quantitative estimate of drug-likeness (QED) is 0.710. The van der Waals surface area contributed by atoms with Crippen LogP contribution in [0.5, 0.6) is 0 Å². The SMILES string of the molecule is CC(C)(C)CS(=O)(=O)Cl.O=C(O)N1CCNCC1. The average Bonchev–Trinajstić information content (AvgIpc) is 2.14. The van der Waals surface area contributed by atoms with E-state index in [9.17, 15) is 13.2 Å². The maximum atomic E-state index is 10.4. The predicted octanol–water partition coefficient (Wildman–Crippen LogP) is 1.17. The molecule has 0 saturated carbocycles. The van der Waals surface area contributed by atoms with Gasteiger partial charge in [0.2, 0.25) is 9.05 Å². The van der Waals surface area contributed by atoms with Crippen molar-refractivity contribution in [2.24, 2.45) is 5.41 Å². The highest BCUT2D eigenvalue weighted by Gasteiger charge is 2.18. The van der Waals surface area contributed by atoms with Crippen molar-refractivity contribution in [1.29, 1.82) is 0 Å². The minimum atomic E-state index is -3.31. The first-order valence-corrected chi connectivity index (χ1v) is 8.10. The molecule has 8 heteroatoms. The molecule has 2 N–H and O–H groups in total. The molecular formula is C10H21ClN2O4S. The van der Waals surface area contributed by atoms with Crippen molar-refractivity contribution < 1.29 is 18.3 Å². The van der Waals surface area contributed by atoms with E-state index in [4.69, 9.17) is 15.8 Å². The number of carboxylic acid groups (broad SMARTS) is 1. The third-order valence-corrected chi connectivity index (χ3v) is 3.53. The summed E-state index contributed by atoms with van der Waals surface area (Å²) in [7, 11) is 1.68. The van der Waals surface area contributed by atoms with Gasteiger partial charge in [0.05, 0.1) is 5.75 Å². The molecule has 1 saturated heterocycles. The fourth-order valence-corrected chi connectivity index (χ4v) is 3.39. The summed E-state index contributed by atoms with van der Waals surface area (Å²) in [6.45, 7) is 8.29. The van der Waals surface area contributed by atoms with Gasteiger partial charge in [0.1, 0.15) is 0 Å². The van der Waals surface area contributed by atoms with Gasteiger partial charge in [-0.05, 0) is 5.41 Å². The van der Waals surface area contributed by atoms with Gasteiger partial charge in [-0.1, -0.05) is 20.8 Å². The first kappa shape index (κ1) is 17.5. The van der Waals surface area contributed by atoms with Crippen molar-refractivity contribution in [3.05, 3.63) is 0 Å². The summed E-state index contributed by atoms with van der Waals surface area (Å²) >= 11 is 0. The molecule has 1 aliphatic heterocycles. The Morgan fingerprint density at radius 2 is 1.78 bits per heavy atom. The molecule has 0 unspecified atom stereocenters. The van der Waals surface area contributed by atoms with Gasteiger partial charge in [0.25, 0.3) is 0 Å². The monoisotopic (exact) mass is 300 g/mol. The van der Waals surface area contributed by atoms with Crippen LogP contribution < -0.4 is 5.32 Å². The van der Waals surface area contributed by atoms with E-state index in [0.717, 1.165) is 13.1 Å². The van der Waals surface area contributed by atoms with Gasteiger partial charge in [0, 0.05) is 36.9 Å². The Bertz CT molecular complexity index is 359. The van der Waals surface area contributed by atoms with Crippen LogP contribution in [-0.4, -0.2) is 56.4 Å². The number of halogens is 1. The lowest BCUT2D eigenvalue weighted by Crippen LogP contribution is -2.45. The Morgan fingerprint density at radius 3 is 1.94 bits per heavy atom. The average molecular weight is 301 g/mol. The van der Waals surface area contributed by atoms with E-state index in [1.165, 1.54) is 4.90 Å². The van der Waals surface area contributed by atoms with E-state index in [2.05, 4.69) is 5.32 Å². The highest BCUT2D eigenvalue weighted by Crippen LogP contribution is 2.17. The van der Waals surface area contributed by atoms with Crippen molar-refractivity contribution in [3.63, 3.8) is 0 Å². The van der Waals surface area contributed by atoms with Gasteiger partial charge >= 0.3 is 6.09 Å². The molecule has 108 valence electrons. The van der Waals surface area contributed by atoms with Gasteiger partial charge in [-0.15, -0.1) is 0 Å². The fourth-order valence-electron chi connectivity index (χ4n) is 1.37. The van der Waals surface area contributed by atoms with Crippen LogP contribution in [0.15, 0.2) is 0 Å². The summed E-state index contributed by atoms with van der Waals surface area (Å²) in [5.41, 5.74) is -0.236. The molecule has 1 fully saturated rings. The Labute approximate surface area is 113 Å². The van der Waals surface area contributed by atoms with Gasteiger partial charge in [-0.25, -0.2) is 13.2 Å². The summed E-state index contributed by atoms with van der Waals surface area (Å²) in [4.78, 5) is 11.7. The van der Waals surface area contributed by atoms with Gasteiger partial charge in [-0.2, -0.15) is 0 Å². The zero-order valence-electron chi connectivity index (χ0n) is 10.9. The summed E-state index contributed by atoms with van der Waals surface area (Å²) in [6, 6.07) is 0. The number of nitrogens with zero attached hydrogens (tertiary/aromatic N) is 1. The van der Waals surface area contributed by atoms with E-state index in [-0.39, 0.29) is 11.2 Å². The van der Waals surface area contributed by atoms with Crippen molar-refractivity contribution in [2.45, 2.75) is 20.8 Å². The normalized spacial score (nSPS) is 16.8. The molecule has 0 aromatic carbocycles. The van der Waals surface area contributed by atoms with Crippen molar-refractivity contribution in [1.82, 2.24) is 10.2 Å². The molecule has 0 radical (unpaired) electrons. The maximum Gasteiger partial charge on any atom is 0.407 e. The molecule has 1 heterocycles. The number of amides is 1. The summed E-state index contributed by atoms with van der Waals surface area (Å²) in [5, 5.41) is 11.5. The zero-order valence-corrected chi connectivity index (χ0v) is 12.5. The van der Waals surface area contributed by atoms with E-state index in [1.54, 1.807) is 0 Å². The topological polar surface area (TPSA) is 86.7 Å². The minimum Gasteiger partial charge on any atom is -0.465 e. The van der Waals surface area contributed by atoms with E-state index in [1.807, 2.05) is 20.8 Å². The van der Waals surface area contributed by atoms with Crippen molar-refractivity contribution >= 4 is 25.8 Å². The first-order valence-electron chi connectivity index (χ1n) is 5.62. The Hall–Kier alpha value is -0.530. The van der Waals surface area contributed by atoms with Crippen LogP contribution in [0.2, 0.25) is 0 Å². The van der Waals surface area contributed by atoms with E-state index < -0.39 is 15.1 Å². The molecule has 0 atom stereocenters. The molecule has 18 heavy (non-hydrogen) atoms. The lowest BCUT2D eigenvalue weighted by atomic mass is 10.0. The molecule has 1 rings (SSSR count). The Balaban J connectivity index is 0.000000321. The highest BCUT2D eigenvalue weighted by molar-refractivity contribution is 8.13. The first-order chi connectivity index (χ1) is 8.01.